The molecule has 1 aromatic carbocycles. The molecule has 3 aromatic heterocycles. The predicted molar refractivity (Wildman–Crippen MR) is 101 cm³/mol. The molecular weight excluding hydrogens is 428 g/mol. The van der Waals surface area contributed by atoms with Gasteiger partial charge in [0, 0.05) is 18.3 Å². The van der Waals surface area contributed by atoms with Crippen LogP contribution in [-0.4, -0.2) is 20.9 Å². The summed E-state index contributed by atoms with van der Waals surface area (Å²) in [5.74, 6) is -1.48. The van der Waals surface area contributed by atoms with Crippen LogP contribution in [-0.2, 0) is 12.7 Å². The maximum atomic E-state index is 14.0. The van der Waals surface area contributed by atoms with Gasteiger partial charge in [0.15, 0.2) is 5.82 Å². The monoisotopic (exact) mass is 438 g/mol. The standard InChI is InChI=1S/C18H10F4N4OS2/c19-11-3-1-2-10(18(20,21)22)9(11)6-24-17(27)14-15-12(4-5-28-15)25-16(26-14)13-7-23-8-29-13/h1-5,7-8H,6H2,(H,24,27). The zero-order chi connectivity index (χ0) is 20.6. The van der Waals surface area contributed by atoms with Crippen molar-refractivity contribution < 1.29 is 22.4 Å². The number of nitrogens with zero attached hydrogens (tertiary/aromatic N) is 3. The Morgan fingerprint density at radius 3 is 2.69 bits per heavy atom. The quantitative estimate of drug-likeness (QED) is 0.460. The van der Waals surface area contributed by atoms with Crippen LogP contribution in [0.2, 0.25) is 0 Å². The number of benzene rings is 1. The second-order valence-electron chi connectivity index (χ2n) is 5.84. The SMILES string of the molecule is O=C(NCc1c(F)cccc1C(F)(F)F)c1nc(-c2cncs2)nc2ccsc12. The molecule has 11 heteroatoms. The van der Waals surface area contributed by atoms with Crippen molar-refractivity contribution in [3.8, 4) is 10.7 Å². The Morgan fingerprint density at radius 1 is 1.14 bits per heavy atom. The van der Waals surface area contributed by atoms with E-state index in [1.165, 1.54) is 22.7 Å². The first-order valence-corrected chi connectivity index (χ1v) is 9.87. The van der Waals surface area contributed by atoms with Crippen molar-refractivity contribution in [3.63, 3.8) is 0 Å². The van der Waals surface area contributed by atoms with Gasteiger partial charge in [-0.05, 0) is 23.6 Å². The third-order valence-electron chi connectivity index (χ3n) is 4.02. The molecule has 0 unspecified atom stereocenters. The summed E-state index contributed by atoms with van der Waals surface area (Å²) in [6.45, 7) is -0.632. The van der Waals surface area contributed by atoms with Gasteiger partial charge >= 0.3 is 6.18 Å². The van der Waals surface area contributed by atoms with Gasteiger partial charge < -0.3 is 5.32 Å². The van der Waals surface area contributed by atoms with E-state index < -0.39 is 35.6 Å². The molecule has 0 radical (unpaired) electrons. The lowest BCUT2D eigenvalue weighted by molar-refractivity contribution is -0.138. The zero-order valence-corrected chi connectivity index (χ0v) is 16.0. The molecule has 0 atom stereocenters. The fraction of sp³-hybridized carbons (Fsp3) is 0.111. The summed E-state index contributed by atoms with van der Waals surface area (Å²) in [5.41, 5.74) is 0.367. The van der Waals surface area contributed by atoms with E-state index in [0.29, 0.717) is 15.1 Å². The summed E-state index contributed by atoms with van der Waals surface area (Å²) in [4.78, 5) is 25.9. The largest absolute Gasteiger partial charge is 0.416 e. The van der Waals surface area contributed by atoms with Gasteiger partial charge in [-0.3, -0.25) is 9.78 Å². The minimum atomic E-state index is -4.74. The molecule has 3 heterocycles. The summed E-state index contributed by atoms with van der Waals surface area (Å²) in [6, 6.07) is 4.38. The van der Waals surface area contributed by atoms with Crippen molar-refractivity contribution >= 4 is 38.8 Å². The first kappa shape index (κ1) is 19.4. The molecule has 0 aliphatic carbocycles. The van der Waals surface area contributed by atoms with Gasteiger partial charge in [0.1, 0.15) is 11.5 Å². The van der Waals surface area contributed by atoms with E-state index in [2.05, 4.69) is 20.3 Å². The van der Waals surface area contributed by atoms with Gasteiger partial charge in [-0.15, -0.1) is 22.7 Å². The van der Waals surface area contributed by atoms with Crippen molar-refractivity contribution in [1.29, 1.82) is 0 Å². The van der Waals surface area contributed by atoms with Crippen molar-refractivity contribution in [3.05, 3.63) is 64.0 Å². The van der Waals surface area contributed by atoms with Crippen LogP contribution < -0.4 is 5.32 Å². The van der Waals surface area contributed by atoms with Crippen molar-refractivity contribution in [2.75, 3.05) is 0 Å². The molecule has 5 nitrogen and oxygen atoms in total. The number of carbonyl (C=O) groups excluding carboxylic acids is 1. The maximum Gasteiger partial charge on any atom is 0.416 e. The molecule has 4 aromatic rings. The first-order valence-electron chi connectivity index (χ1n) is 8.11. The number of amides is 1. The maximum absolute atomic E-state index is 14.0. The van der Waals surface area contributed by atoms with Gasteiger partial charge in [0.05, 0.1) is 26.2 Å². The minimum Gasteiger partial charge on any atom is -0.346 e. The van der Waals surface area contributed by atoms with E-state index in [1.807, 2.05) is 0 Å². The molecule has 4 rings (SSSR count). The number of hydrogen-bond donors (Lipinski definition) is 1. The molecule has 0 saturated carbocycles. The molecule has 1 N–H and O–H groups in total. The number of halogens is 4. The normalized spacial score (nSPS) is 11.7. The number of hydrogen-bond acceptors (Lipinski definition) is 6. The van der Waals surface area contributed by atoms with Crippen LogP contribution in [0.3, 0.4) is 0 Å². The van der Waals surface area contributed by atoms with Crippen LogP contribution in [0.15, 0.2) is 41.4 Å². The molecule has 0 saturated heterocycles. The fourth-order valence-corrected chi connectivity index (χ4v) is 4.08. The number of fused-ring (bicyclic) bond motifs is 1. The Kier molecular flexibility index (Phi) is 5.01. The summed E-state index contributed by atoms with van der Waals surface area (Å²) in [7, 11) is 0. The number of alkyl halides is 3. The van der Waals surface area contributed by atoms with Crippen LogP contribution in [0.25, 0.3) is 20.9 Å². The highest BCUT2D eigenvalue weighted by molar-refractivity contribution is 7.17. The van der Waals surface area contributed by atoms with Gasteiger partial charge in [-0.2, -0.15) is 13.2 Å². The zero-order valence-electron chi connectivity index (χ0n) is 14.3. The van der Waals surface area contributed by atoms with Crippen molar-refractivity contribution in [1.82, 2.24) is 20.3 Å². The molecule has 0 fully saturated rings. The number of rotatable bonds is 4. The Morgan fingerprint density at radius 2 is 1.97 bits per heavy atom. The average molecular weight is 438 g/mol. The summed E-state index contributed by atoms with van der Waals surface area (Å²) in [5, 5.41) is 4.08. The van der Waals surface area contributed by atoms with Crippen molar-refractivity contribution in [2.24, 2.45) is 0 Å². The summed E-state index contributed by atoms with van der Waals surface area (Å²) < 4.78 is 53.9. The van der Waals surface area contributed by atoms with E-state index in [-0.39, 0.29) is 11.5 Å². The molecule has 148 valence electrons. The van der Waals surface area contributed by atoms with Crippen LogP contribution in [0.5, 0.6) is 0 Å². The Bertz CT molecular complexity index is 1190. The van der Waals surface area contributed by atoms with Crippen LogP contribution in [0, 0.1) is 5.82 Å². The topological polar surface area (TPSA) is 67.8 Å². The number of carbonyl (C=O) groups is 1. The highest BCUT2D eigenvalue weighted by atomic mass is 32.1. The second-order valence-corrected chi connectivity index (χ2v) is 7.65. The smallest absolute Gasteiger partial charge is 0.346 e. The molecule has 0 aliphatic rings. The number of thiophene rings is 1. The summed E-state index contributed by atoms with van der Waals surface area (Å²) in [6.07, 6.45) is -3.19. The van der Waals surface area contributed by atoms with E-state index in [4.69, 9.17) is 0 Å². The van der Waals surface area contributed by atoms with Gasteiger partial charge in [-0.25, -0.2) is 14.4 Å². The highest BCUT2D eigenvalue weighted by Gasteiger charge is 2.34. The second kappa shape index (κ2) is 7.48. The van der Waals surface area contributed by atoms with Gasteiger partial charge in [0.2, 0.25) is 0 Å². The van der Waals surface area contributed by atoms with Crippen LogP contribution in [0.1, 0.15) is 21.6 Å². The summed E-state index contributed by atoms with van der Waals surface area (Å²) >= 11 is 2.51. The molecule has 0 aliphatic heterocycles. The molecule has 29 heavy (non-hydrogen) atoms. The van der Waals surface area contributed by atoms with Gasteiger partial charge in [0.25, 0.3) is 5.91 Å². The third-order valence-corrected chi connectivity index (χ3v) is 5.70. The van der Waals surface area contributed by atoms with Gasteiger partial charge in [-0.1, -0.05) is 6.07 Å². The number of aromatic nitrogens is 3. The Hall–Kier alpha value is -2.92. The number of nitrogens with one attached hydrogen (secondary N) is 1. The van der Waals surface area contributed by atoms with Crippen LogP contribution in [0.4, 0.5) is 17.6 Å². The minimum absolute atomic E-state index is 0.0123. The molecule has 0 spiro atoms. The average Bonchev–Trinajstić information content (AvgIpc) is 3.36. The van der Waals surface area contributed by atoms with E-state index in [0.717, 1.165) is 18.2 Å². The first-order chi connectivity index (χ1) is 13.8. The highest BCUT2D eigenvalue weighted by Crippen LogP contribution is 2.33. The van der Waals surface area contributed by atoms with E-state index in [9.17, 15) is 22.4 Å². The Labute approximate surface area is 169 Å². The number of thiazole rings is 1. The van der Waals surface area contributed by atoms with Crippen molar-refractivity contribution in [2.45, 2.75) is 12.7 Å². The molecule has 1 amide bonds. The Balaban J connectivity index is 1.67. The predicted octanol–water partition coefficient (Wildman–Crippen LogP) is 4.90. The third kappa shape index (κ3) is 3.83. The lowest BCUT2D eigenvalue weighted by atomic mass is 10.1. The van der Waals surface area contributed by atoms with E-state index in [1.54, 1.807) is 23.2 Å². The molecule has 0 bridgehead atoms. The van der Waals surface area contributed by atoms with Crippen LogP contribution >= 0.6 is 22.7 Å². The molecular formula is C18H10F4N4OS2. The lowest BCUT2D eigenvalue weighted by Crippen LogP contribution is -2.26. The lowest BCUT2D eigenvalue weighted by Gasteiger charge is -2.14. The fourth-order valence-electron chi connectivity index (χ4n) is 2.71. The van der Waals surface area contributed by atoms with E-state index >= 15 is 0 Å².